The van der Waals surface area contributed by atoms with Crippen LogP contribution in [-0.4, -0.2) is 28.8 Å². The Morgan fingerprint density at radius 2 is 1.70 bits per heavy atom. The fourth-order valence-electron chi connectivity index (χ4n) is 3.83. The van der Waals surface area contributed by atoms with Gasteiger partial charge in [0.2, 0.25) is 11.8 Å². The molecule has 0 aromatic heterocycles. The molecular formula is C15H22N2O3. The quantitative estimate of drug-likeness (QED) is 0.804. The average molecular weight is 278 g/mol. The van der Waals surface area contributed by atoms with Gasteiger partial charge in [-0.25, -0.2) is 4.79 Å². The molecule has 0 radical (unpaired) electrons. The third kappa shape index (κ3) is 2.13. The molecule has 0 bridgehead atoms. The van der Waals surface area contributed by atoms with Crippen LogP contribution in [-0.2, 0) is 9.59 Å². The Balaban J connectivity index is 1.80. The van der Waals surface area contributed by atoms with Gasteiger partial charge in [0.25, 0.3) is 0 Å². The number of imide groups is 2. The fourth-order valence-corrected chi connectivity index (χ4v) is 3.83. The number of nitrogens with one attached hydrogen (secondary N) is 1. The Morgan fingerprint density at radius 3 is 2.25 bits per heavy atom. The Labute approximate surface area is 119 Å². The summed E-state index contributed by atoms with van der Waals surface area (Å²) in [5, 5.41) is 2.40. The second-order valence-electron chi connectivity index (χ2n) is 6.46. The van der Waals surface area contributed by atoms with Crippen LogP contribution in [0.2, 0.25) is 0 Å². The van der Waals surface area contributed by atoms with Crippen molar-refractivity contribution in [3.63, 3.8) is 0 Å². The highest BCUT2D eigenvalue weighted by Gasteiger charge is 2.48. The van der Waals surface area contributed by atoms with E-state index >= 15 is 0 Å². The SMILES string of the molecule is CC(C1CCC1)N1C(=O)NC(=O)C(C2CCCC2)C1=O. The van der Waals surface area contributed by atoms with E-state index in [1.807, 2.05) is 6.92 Å². The van der Waals surface area contributed by atoms with Crippen molar-refractivity contribution >= 4 is 17.8 Å². The standard InChI is InChI=1S/C15H22N2O3/c1-9(10-7-4-8-10)17-14(19)12(11-5-2-3-6-11)13(18)16-15(17)20/h9-12H,2-8H2,1H3,(H,16,18,20). The molecule has 2 aliphatic carbocycles. The van der Waals surface area contributed by atoms with Gasteiger partial charge in [-0.1, -0.05) is 19.3 Å². The lowest BCUT2D eigenvalue weighted by Crippen LogP contribution is -2.63. The summed E-state index contributed by atoms with van der Waals surface area (Å²) in [6, 6.07) is -0.609. The number of amides is 4. The van der Waals surface area contributed by atoms with E-state index in [-0.39, 0.29) is 23.8 Å². The highest BCUT2D eigenvalue weighted by molar-refractivity contribution is 6.16. The minimum atomic E-state index is -0.641. The van der Waals surface area contributed by atoms with E-state index in [4.69, 9.17) is 0 Å². The van der Waals surface area contributed by atoms with Gasteiger partial charge in [-0.15, -0.1) is 0 Å². The van der Waals surface area contributed by atoms with Gasteiger partial charge in [0, 0.05) is 6.04 Å². The predicted molar refractivity (Wildman–Crippen MR) is 72.6 cm³/mol. The molecule has 0 aromatic carbocycles. The van der Waals surface area contributed by atoms with Gasteiger partial charge in [-0.05, 0) is 44.4 Å². The Hall–Kier alpha value is -1.39. The van der Waals surface area contributed by atoms with Gasteiger partial charge in [0.05, 0.1) is 0 Å². The summed E-state index contributed by atoms with van der Waals surface area (Å²) < 4.78 is 0. The number of carbonyl (C=O) groups excluding carboxylic acids is 3. The summed E-state index contributed by atoms with van der Waals surface area (Å²) >= 11 is 0. The summed E-state index contributed by atoms with van der Waals surface area (Å²) in [5.74, 6) is -0.763. The highest BCUT2D eigenvalue weighted by atomic mass is 16.2. The van der Waals surface area contributed by atoms with Crippen LogP contribution in [0.25, 0.3) is 0 Å². The minimum Gasteiger partial charge on any atom is -0.277 e. The summed E-state index contributed by atoms with van der Waals surface area (Å²) in [5.41, 5.74) is 0. The van der Waals surface area contributed by atoms with Crippen molar-refractivity contribution in [3.8, 4) is 0 Å². The number of hydrogen-bond acceptors (Lipinski definition) is 3. The number of barbiturate groups is 1. The molecule has 3 fully saturated rings. The normalized spacial score (nSPS) is 30.4. The lowest BCUT2D eigenvalue weighted by molar-refractivity contribution is -0.147. The molecule has 110 valence electrons. The van der Waals surface area contributed by atoms with Gasteiger partial charge < -0.3 is 0 Å². The molecule has 4 amide bonds. The van der Waals surface area contributed by atoms with E-state index in [2.05, 4.69) is 5.32 Å². The second-order valence-corrected chi connectivity index (χ2v) is 6.46. The molecule has 1 heterocycles. The number of carbonyl (C=O) groups is 3. The number of urea groups is 1. The first kappa shape index (κ1) is 13.6. The maximum absolute atomic E-state index is 12.7. The van der Waals surface area contributed by atoms with E-state index in [9.17, 15) is 14.4 Å². The maximum atomic E-state index is 12.7. The van der Waals surface area contributed by atoms with Crippen LogP contribution in [0.15, 0.2) is 0 Å². The highest BCUT2D eigenvalue weighted by Crippen LogP contribution is 2.37. The predicted octanol–water partition coefficient (Wildman–Crippen LogP) is 2.06. The summed E-state index contributed by atoms with van der Waals surface area (Å²) in [6.45, 7) is 1.93. The molecule has 1 N–H and O–H groups in total. The summed E-state index contributed by atoms with van der Waals surface area (Å²) in [4.78, 5) is 38.1. The van der Waals surface area contributed by atoms with Crippen LogP contribution < -0.4 is 5.32 Å². The molecule has 2 saturated carbocycles. The van der Waals surface area contributed by atoms with Crippen LogP contribution in [0.1, 0.15) is 51.9 Å². The molecule has 1 saturated heterocycles. The smallest absolute Gasteiger partial charge is 0.277 e. The van der Waals surface area contributed by atoms with Gasteiger partial charge in [-0.2, -0.15) is 0 Å². The van der Waals surface area contributed by atoms with Crippen molar-refractivity contribution in [3.05, 3.63) is 0 Å². The van der Waals surface area contributed by atoms with Crippen LogP contribution in [0, 0.1) is 17.8 Å². The number of rotatable bonds is 3. The van der Waals surface area contributed by atoms with Gasteiger partial charge in [0.1, 0.15) is 5.92 Å². The molecule has 2 atom stereocenters. The van der Waals surface area contributed by atoms with E-state index in [1.54, 1.807) is 0 Å². The summed E-state index contributed by atoms with van der Waals surface area (Å²) in [7, 11) is 0. The molecule has 1 aliphatic heterocycles. The van der Waals surface area contributed by atoms with Crippen molar-refractivity contribution in [2.75, 3.05) is 0 Å². The van der Waals surface area contributed by atoms with E-state index < -0.39 is 11.9 Å². The van der Waals surface area contributed by atoms with Crippen LogP contribution >= 0.6 is 0 Å². The van der Waals surface area contributed by atoms with E-state index in [0.717, 1.165) is 38.5 Å². The zero-order valence-corrected chi connectivity index (χ0v) is 11.9. The molecule has 2 unspecified atom stereocenters. The first-order chi connectivity index (χ1) is 9.59. The Kier molecular flexibility index (Phi) is 3.52. The third-order valence-electron chi connectivity index (χ3n) is 5.35. The van der Waals surface area contributed by atoms with E-state index in [1.165, 1.54) is 11.3 Å². The lowest BCUT2D eigenvalue weighted by Gasteiger charge is -2.41. The van der Waals surface area contributed by atoms with Crippen LogP contribution in [0.4, 0.5) is 4.79 Å². The Morgan fingerprint density at radius 1 is 1.05 bits per heavy atom. The monoisotopic (exact) mass is 278 g/mol. The molecular weight excluding hydrogens is 256 g/mol. The lowest BCUT2D eigenvalue weighted by atomic mass is 9.78. The van der Waals surface area contributed by atoms with Crippen molar-refractivity contribution < 1.29 is 14.4 Å². The van der Waals surface area contributed by atoms with Crippen molar-refractivity contribution in [1.82, 2.24) is 10.2 Å². The number of hydrogen-bond donors (Lipinski definition) is 1. The molecule has 0 aromatic rings. The fraction of sp³-hybridized carbons (Fsp3) is 0.800. The molecule has 3 rings (SSSR count). The molecule has 3 aliphatic rings. The largest absolute Gasteiger partial charge is 0.331 e. The first-order valence-electron chi connectivity index (χ1n) is 7.77. The summed E-state index contributed by atoms with van der Waals surface area (Å²) in [6.07, 6.45) is 7.30. The number of nitrogens with zero attached hydrogens (tertiary/aromatic N) is 1. The molecule has 5 heteroatoms. The van der Waals surface area contributed by atoms with E-state index in [0.29, 0.717) is 5.92 Å². The second kappa shape index (κ2) is 5.19. The van der Waals surface area contributed by atoms with Gasteiger partial charge in [0.15, 0.2) is 0 Å². The average Bonchev–Trinajstić information content (AvgIpc) is 2.79. The van der Waals surface area contributed by atoms with Crippen LogP contribution in [0.5, 0.6) is 0 Å². The minimum absolute atomic E-state index is 0.0896. The van der Waals surface area contributed by atoms with Crippen molar-refractivity contribution in [1.29, 1.82) is 0 Å². The van der Waals surface area contributed by atoms with Crippen molar-refractivity contribution in [2.24, 2.45) is 17.8 Å². The molecule has 20 heavy (non-hydrogen) atoms. The van der Waals surface area contributed by atoms with Crippen LogP contribution in [0.3, 0.4) is 0 Å². The van der Waals surface area contributed by atoms with Gasteiger partial charge >= 0.3 is 6.03 Å². The van der Waals surface area contributed by atoms with Gasteiger partial charge in [-0.3, -0.25) is 19.8 Å². The zero-order chi connectivity index (χ0) is 14.3. The maximum Gasteiger partial charge on any atom is 0.331 e. The third-order valence-corrected chi connectivity index (χ3v) is 5.35. The first-order valence-corrected chi connectivity index (χ1v) is 7.77. The topological polar surface area (TPSA) is 66.5 Å². The molecule has 0 spiro atoms. The molecule has 5 nitrogen and oxygen atoms in total. The zero-order valence-electron chi connectivity index (χ0n) is 11.9. The van der Waals surface area contributed by atoms with Crippen molar-refractivity contribution in [2.45, 2.75) is 57.9 Å². The Bertz CT molecular complexity index is 438.